The van der Waals surface area contributed by atoms with E-state index in [4.69, 9.17) is 16.7 Å². The minimum atomic E-state index is -0.816. The summed E-state index contributed by atoms with van der Waals surface area (Å²) in [4.78, 5) is 23.0. The molecular weight excluding hydrogens is 266 g/mol. The molecule has 0 radical (unpaired) electrons. The van der Waals surface area contributed by atoms with Gasteiger partial charge in [0.15, 0.2) is 0 Å². The van der Waals surface area contributed by atoms with Crippen LogP contribution < -0.4 is 5.32 Å². The molecule has 1 aromatic rings. The van der Waals surface area contributed by atoms with Gasteiger partial charge in [-0.05, 0) is 37.8 Å². The van der Waals surface area contributed by atoms with Crippen molar-refractivity contribution in [1.82, 2.24) is 0 Å². The van der Waals surface area contributed by atoms with Crippen LogP contribution in [0.2, 0.25) is 5.02 Å². The Bertz CT molecular complexity index is 515. The first-order chi connectivity index (χ1) is 8.99. The first-order valence-electron chi connectivity index (χ1n) is 6.28. The van der Waals surface area contributed by atoms with E-state index < -0.39 is 11.9 Å². The average Bonchev–Trinajstić information content (AvgIpc) is 2.84. The standard InChI is InChI=1S/C14H16ClNO3/c1-8-3-2-4-11(12(8)15)16-13(17)9-5-6-10(7-9)14(18)19/h2-4,9-10H,5-7H2,1H3,(H,16,17)(H,18,19)/t9-,10+/m1/s1. The molecule has 0 bridgehead atoms. The van der Waals surface area contributed by atoms with Crippen LogP contribution in [0.1, 0.15) is 24.8 Å². The van der Waals surface area contributed by atoms with Crippen LogP contribution in [0.15, 0.2) is 18.2 Å². The number of rotatable bonds is 3. The summed E-state index contributed by atoms with van der Waals surface area (Å²) >= 11 is 6.11. The molecule has 2 atom stereocenters. The number of nitrogens with one attached hydrogen (secondary N) is 1. The van der Waals surface area contributed by atoms with Crippen molar-refractivity contribution >= 4 is 29.2 Å². The zero-order valence-electron chi connectivity index (χ0n) is 10.6. The predicted octanol–water partition coefficient (Wildman–Crippen LogP) is 3.09. The van der Waals surface area contributed by atoms with Crippen LogP contribution >= 0.6 is 11.6 Å². The Balaban J connectivity index is 2.02. The number of halogens is 1. The molecular formula is C14H16ClNO3. The summed E-state index contributed by atoms with van der Waals surface area (Å²) in [7, 11) is 0. The molecule has 5 heteroatoms. The van der Waals surface area contributed by atoms with Gasteiger partial charge in [-0.3, -0.25) is 9.59 Å². The van der Waals surface area contributed by atoms with E-state index in [-0.39, 0.29) is 11.8 Å². The van der Waals surface area contributed by atoms with Gasteiger partial charge in [-0.1, -0.05) is 23.7 Å². The maximum atomic E-state index is 12.1. The maximum absolute atomic E-state index is 12.1. The lowest BCUT2D eigenvalue weighted by Crippen LogP contribution is -2.21. The van der Waals surface area contributed by atoms with E-state index in [1.807, 2.05) is 19.1 Å². The third-order valence-electron chi connectivity index (χ3n) is 3.60. The predicted molar refractivity (Wildman–Crippen MR) is 73.3 cm³/mol. The van der Waals surface area contributed by atoms with Crippen LogP contribution in [0.25, 0.3) is 0 Å². The fraction of sp³-hybridized carbons (Fsp3) is 0.429. The number of carbonyl (C=O) groups is 2. The zero-order chi connectivity index (χ0) is 14.0. The Morgan fingerprint density at radius 2 is 2.00 bits per heavy atom. The molecule has 2 rings (SSSR count). The number of amides is 1. The summed E-state index contributed by atoms with van der Waals surface area (Å²) in [5.74, 6) is -1.60. The molecule has 4 nitrogen and oxygen atoms in total. The molecule has 1 saturated carbocycles. The lowest BCUT2D eigenvalue weighted by molar-refractivity contribution is -0.141. The van der Waals surface area contributed by atoms with Gasteiger partial charge in [-0.2, -0.15) is 0 Å². The minimum absolute atomic E-state index is 0.142. The summed E-state index contributed by atoms with van der Waals surface area (Å²) in [5.41, 5.74) is 1.49. The molecule has 0 saturated heterocycles. The Morgan fingerprint density at radius 1 is 1.32 bits per heavy atom. The molecule has 0 spiro atoms. The van der Waals surface area contributed by atoms with Gasteiger partial charge >= 0.3 is 5.97 Å². The van der Waals surface area contributed by atoms with Gasteiger partial charge in [-0.25, -0.2) is 0 Å². The van der Waals surface area contributed by atoms with E-state index in [1.54, 1.807) is 6.07 Å². The topological polar surface area (TPSA) is 66.4 Å². The van der Waals surface area contributed by atoms with Crippen molar-refractivity contribution in [1.29, 1.82) is 0 Å². The van der Waals surface area contributed by atoms with Gasteiger partial charge in [0.1, 0.15) is 0 Å². The zero-order valence-corrected chi connectivity index (χ0v) is 11.4. The fourth-order valence-electron chi connectivity index (χ4n) is 2.42. The van der Waals surface area contributed by atoms with E-state index in [9.17, 15) is 9.59 Å². The number of carbonyl (C=O) groups excluding carboxylic acids is 1. The van der Waals surface area contributed by atoms with Gasteiger partial charge in [-0.15, -0.1) is 0 Å². The third-order valence-corrected chi connectivity index (χ3v) is 4.10. The fourth-order valence-corrected chi connectivity index (χ4v) is 2.60. The lowest BCUT2D eigenvalue weighted by atomic mass is 10.0. The molecule has 1 aliphatic carbocycles. The van der Waals surface area contributed by atoms with Crippen molar-refractivity contribution in [3.63, 3.8) is 0 Å². The van der Waals surface area contributed by atoms with Gasteiger partial charge in [0, 0.05) is 5.92 Å². The first kappa shape index (κ1) is 13.9. The van der Waals surface area contributed by atoms with Crippen molar-refractivity contribution in [2.24, 2.45) is 11.8 Å². The number of carboxylic acid groups (broad SMARTS) is 1. The van der Waals surface area contributed by atoms with E-state index in [1.165, 1.54) is 0 Å². The number of hydrogen-bond acceptors (Lipinski definition) is 2. The van der Waals surface area contributed by atoms with Crippen molar-refractivity contribution in [3.8, 4) is 0 Å². The van der Waals surface area contributed by atoms with Crippen molar-refractivity contribution in [2.75, 3.05) is 5.32 Å². The van der Waals surface area contributed by atoms with Crippen molar-refractivity contribution < 1.29 is 14.7 Å². The highest BCUT2D eigenvalue weighted by Gasteiger charge is 2.33. The Labute approximate surface area is 116 Å². The van der Waals surface area contributed by atoms with Gasteiger partial charge in [0.05, 0.1) is 16.6 Å². The lowest BCUT2D eigenvalue weighted by Gasteiger charge is -2.12. The van der Waals surface area contributed by atoms with Gasteiger partial charge in [0.2, 0.25) is 5.91 Å². The van der Waals surface area contributed by atoms with Crippen LogP contribution in [0.5, 0.6) is 0 Å². The van der Waals surface area contributed by atoms with E-state index >= 15 is 0 Å². The molecule has 0 heterocycles. The van der Waals surface area contributed by atoms with Crippen LogP contribution in [0.3, 0.4) is 0 Å². The third kappa shape index (κ3) is 3.07. The van der Waals surface area contributed by atoms with E-state index in [2.05, 4.69) is 5.32 Å². The minimum Gasteiger partial charge on any atom is -0.481 e. The number of aryl methyl sites for hydroxylation is 1. The maximum Gasteiger partial charge on any atom is 0.306 e. The molecule has 0 aromatic heterocycles. The number of carboxylic acids is 1. The number of hydrogen-bond donors (Lipinski definition) is 2. The van der Waals surface area contributed by atoms with E-state index in [0.717, 1.165) is 5.56 Å². The number of benzene rings is 1. The van der Waals surface area contributed by atoms with Gasteiger partial charge < -0.3 is 10.4 Å². The second-order valence-electron chi connectivity index (χ2n) is 4.97. The Hall–Kier alpha value is -1.55. The second kappa shape index (κ2) is 5.61. The number of aliphatic carboxylic acids is 1. The highest BCUT2D eigenvalue weighted by atomic mass is 35.5. The molecule has 1 amide bonds. The molecule has 102 valence electrons. The summed E-state index contributed by atoms with van der Waals surface area (Å²) in [6.45, 7) is 1.87. The highest BCUT2D eigenvalue weighted by molar-refractivity contribution is 6.34. The second-order valence-corrected chi connectivity index (χ2v) is 5.35. The Morgan fingerprint density at radius 3 is 2.63 bits per heavy atom. The molecule has 1 fully saturated rings. The SMILES string of the molecule is Cc1cccc(NC(=O)[C@@H]2CC[C@H](C(=O)O)C2)c1Cl. The average molecular weight is 282 g/mol. The Kier molecular flexibility index (Phi) is 4.10. The van der Waals surface area contributed by atoms with Crippen LogP contribution in [0.4, 0.5) is 5.69 Å². The highest BCUT2D eigenvalue weighted by Crippen LogP contribution is 2.33. The van der Waals surface area contributed by atoms with Crippen molar-refractivity contribution in [3.05, 3.63) is 28.8 Å². The molecule has 2 N–H and O–H groups in total. The van der Waals surface area contributed by atoms with Crippen molar-refractivity contribution in [2.45, 2.75) is 26.2 Å². The molecule has 0 unspecified atom stereocenters. The largest absolute Gasteiger partial charge is 0.481 e. The first-order valence-corrected chi connectivity index (χ1v) is 6.65. The quantitative estimate of drug-likeness (QED) is 0.895. The van der Waals surface area contributed by atoms with Gasteiger partial charge in [0.25, 0.3) is 0 Å². The van der Waals surface area contributed by atoms with Crippen LogP contribution in [-0.2, 0) is 9.59 Å². The van der Waals surface area contributed by atoms with Crippen LogP contribution in [-0.4, -0.2) is 17.0 Å². The molecule has 0 aliphatic heterocycles. The van der Waals surface area contributed by atoms with Crippen LogP contribution in [0, 0.1) is 18.8 Å². The normalized spacial score (nSPS) is 22.2. The summed E-state index contributed by atoms with van der Waals surface area (Å²) in [5, 5.41) is 12.2. The summed E-state index contributed by atoms with van der Waals surface area (Å²) in [6, 6.07) is 5.44. The summed E-state index contributed by atoms with van der Waals surface area (Å²) in [6.07, 6.45) is 1.59. The smallest absolute Gasteiger partial charge is 0.306 e. The monoisotopic (exact) mass is 281 g/mol. The molecule has 1 aliphatic rings. The summed E-state index contributed by atoms with van der Waals surface area (Å²) < 4.78 is 0. The molecule has 1 aromatic carbocycles. The number of anilines is 1. The molecule has 19 heavy (non-hydrogen) atoms. The van der Waals surface area contributed by atoms with E-state index in [0.29, 0.717) is 30.0 Å².